The molecule has 0 aliphatic rings. The van der Waals surface area contributed by atoms with Crippen LogP contribution in [0.3, 0.4) is 0 Å². The van der Waals surface area contributed by atoms with Crippen molar-refractivity contribution in [3.63, 3.8) is 0 Å². The molecule has 0 spiro atoms. The first-order chi connectivity index (χ1) is 9.06. The molecule has 19 heavy (non-hydrogen) atoms. The molecule has 0 saturated heterocycles. The maximum absolute atomic E-state index is 5.95. The Morgan fingerprint density at radius 3 is 2.53 bits per heavy atom. The van der Waals surface area contributed by atoms with Crippen LogP contribution >= 0.6 is 11.3 Å². The smallest absolute Gasteiger partial charge is 0.129 e. The number of methoxy groups -OCH3 is 2. The molecule has 1 aromatic carbocycles. The van der Waals surface area contributed by atoms with Crippen molar-refractivity contribution >= 4 is 11.3 Å². The summed E-state index contributed by atoms with van der Waals surface area (Å²) >= 11 is 1.60. The average Bonchev–Trinajstić information content (AvgIpc) is 2.80. The van der Waals surface area contributed by atoms with Crippen molar-refractivity contribution in [1.82, 2.24) is 4.98 Å². The van der Waals surface area contributed by atoms with Crippen molar-refractivity contribution in [2.75, 3.05) is 14.2 Å². The lowest BCUT2D eigenvalue weighted by molar-refractivity contribution is 0.404. The highest BCUT2D eigenvalue weighted by molar-refractivity contribution is 7.15. The van der Waals surface area contributed by atoms with Gasteiger partial charge in [0.15, 0.2) is 0 Å². The molecule has 0 amide bonds. The summed E-state index contributed by atoms with van der Waals surface area (Å²) in [5.41, 5.74) is 7.85. The number of hydrogen-bond acceptors (Lipinski definition) is 5. The van der Waals surface area contributed by atoms with Crippen molar-refractivity contribution in [3.05, 3.63) is 28.8 Å². The molecule has 1 unspecified atom stereocenters. The quantitative estimate of drug-likeness (QED) is 0.933. The molecule has 0 radical (unpaired) electrons. The van der Waals surface area contributed by atoms with Crippen LogP contribution in [-0.2, 0) is 0 Å². The first-order valence-electron chi connectivity index (χ1n) is 6.02. The molecule has 1 aromatic heterocycles. The fourth-order valence-electron chi connectivity index (χ4n) is 1.93. The van der Waals surface area contributed by atoms with Crippen LogP contribution in [0.4, 0.5) is 0 Å². The number of thiazole rings is 1. The standard InChI is InChI=1S/C14H18N2O2S/c1-8(15)13-9(2)16-14(19-13)11-7-10(17-3)5-6-12(11)18-4/h5-8H,15H2,1-4H3. The SMILES string of the molecule is COc1ccc(OC)c(-c2nc(C)c(C(C)N)s2)c1. The van der Waals surface area contributed by atoms with E-state index in [1.54, 1.807) is 25.6 Å². The van der Waals surface area contributed by atoms with Gasteiger partial charge < -0.3 is 15.2 Å². The van der Waals surface area contributed by atoms with Crippen molar-refractivity contribution < 1.29 is 9.47 Å². The highest BCUT2D eigenvalue weighted by Crippen LogP contribution is 2.38. The average molecular weight is 278 g/mol. The highest BCUT2D eigenvalue weighted by Gasteiger charge is 2.16. The zero-order chi connectivity index (χ0) is 14.0. The van der Waals surface area contributed by atoms with E-state index in [0.29, 0.717) is 0 Å². The minimum absolute atomic E-state index is 0.0112. The van der Waals surface area contributed by atoms with Crippen LogP contribution in [0.25, 0.3) is 10.6 Å². The van der Waals surface area contributed by atoms with E-state index in [0.717, 1.165) is 32.6 Å². The van der Waals surface area contributed by atoms with Gasteiger partial charge in [0.05, 0.1) is 25.5 Å². The van der Waals surface area contributed by atoms with Gasteiger partial charge in [0.25, 0.3) is 0 Å². The van der Waals surface area contributed by atoms with Crippen LogP contribution < -0.4 is 15.2 Å². The molecule has 5 heteroatoms. The second kappa shape index (κ2) is 5.59. The molecule has 4 nitrogen and oxygen atoms in total. The minimum atomic E-state index is -0.0112. The predicted molar refractivity (Wildman–Crippen MR) is 78.0 cm³/mol. The van der Waals surface area contributed by atoms with Crippen molar-refractivity contribution in [3.8, 4) is 22.1 Å². The fourth-order valence-corrected chi connectivity index (χ4v) is 2.97. The van der Waals surface area contributed by atoms with E-state index in [4.69, 9.17) is 15.2 Å². The molecule has 2 N–H and O–H groups in total. The number of nitrogens with zero attached hydrogens (tertiary/aromatic N) is 1. The van der Waals surface area contributed by atoms with E-state index in [9.17, 15) is 0 Å². The van der Waals surface area contributed by atoms with E-state index in [2.05, 4.69) is 4.98 Å². The van der Waals surface area contributed by atoms with Crippen LogP contribution in [0, 0.1) is 6.92 Å². The molecule has 0 aliphatic heterocycles. The lowest BCUT2D eigenvalue weighted by atomic mass is 10.2. The Bertz CT molecular complexity index is 579. The number of aromatic nitrogens is 1. The molecule has 0 saturated carbocycles. The molecule has 1 atom stereocenters. The van der Waals surface area contributed by atoms with Crippen molar-refractivity contribution in [2.24, 2.45) is 5.73 Å². The number of rotatable bonds is 4. The monoisotopic (exact) mass is 278 g/mol. The lowest BCUT2D eigenvalue weighted by Gasteiger charge is -2.08. The van der Waals surface area contributed by atoms with Crippen molar-refractivity contribution in [1.29, 1.82) is 0 Å². The van der Waals surface area contributed by atoms with Gasteiger partial charge in [-0.25, -0.2) is 4.98 Å². The Kier molecular flexibility index (Phi) is 4.07. The summed E-state index contributed by atoms with van der Waals surface area (Å²) in [7, 11) is 3.30. The van der Waals surface area contributed by atoms with E-state index in [1.165, 1.54) is 0 Å². The Labute approximate surface area is 117 Å². The van der Waals surface area contributed by atoms with Crippen molar-refractivity contribution in [2.45, 2.75) is 19.9 Å². The minimum Gasteiger partial charge on any atom is -0.497 e. The maximum Gasteiger partial charge on any atom is 0.129 e. The topological polar surface area (TPSA) is 57.4 Å². The zero-order valence-corrected chi connectivity index (χ0v) is 12.4. The third kappa shape index (κ3) is 2.72. The molecule has 1 heterocycles. The Morgan fingerprint density at radius 1 is 1.26 bits per heavy atom. The fraction of sp³-hybridized carbons (Fsp3) is 0.357. The second-order valence-corrected chi connectivity index (χ2v) is 5.35. The second-order valence-electron chi connectivity index (χ2n) is 4.32. The molecule has 2 rings (SSSR count). The summed E-state index contributed by atoms with van der Waals surface area (Å²) in [4.78, 5) is 5.69. The summed E-state index contributed by atoms with van der Waals surface area (Å²) in [5.74, 6) is 1.57. The Balaban J connectivity index is 2.53. The van der Waals surface area contributed by atoms with Crippen LogP contribution in [0.1, 0.15) is 23.5 Å². The molecule has 102 valence electrons. The highest BCUT2D eigenvalue weighted by atomic mass is 32.1. The number of nitrogens with two attached hydrogens (primary N) is 1. The summed E-state index contributed by atoms with van der Waals surface area (Å²) in [6.07, 6.45) is 0. The molecule has 0 aliphatic carbocycles. The van der Waals surface area contributed by atoms with Gasteiger partial charge in [-0.05, 0) is 32.0 Å². The largest absolute Gasteiger partial charge is 0.497 e. The Hall–Kier alpha value is -1.59. The number of aryl methyl sites for hydroxylation is 1. The van der Waals surface area contributed by atoms with Gasteiger partial charge in [0.1, 0.15) is 16.5 Å². The first-order valence-corrected chi connectivity index (χ1v) is 6.83. The molecular formula is C14H18N2O2S. The van der Waals surface area contributed by atoms with Gasteiger partial charge in [-0.15, -0.1) is 11.3 Å². The van der Waals surface area contributed by atoms with Crippen LogP contribution in [0.2, 0.25) is 0 Å². The molecule has 0 bridgehead atoms. The van der Waals surface area contributed by atoms with E-state index >= 15 is 0 Å². The normalized spacial score (nSPS) is 12.3. The third-order valence-electron chi connectivity index (χ3n) is 2.88. The third-order valence-corrected chi connectivity index (χ3v) is 4.27. The number of hydrogen-bond donors (Lipinski definition) is 1. The van der Waals surface area contributed by atoms with Gasteiger partial charge in [0.2, 0.25) is 0 Å². The predicted octanol–water partition coefficient (Wildman–Crippen LogP) is 3.16. The van der Waals surface area contributed by atoms with Gasteiger partial charge in [-0.1, -0.05) is 0 Å². The van der Waals surface area contributed by atoms with Gasteiger partial charge >= 0.3 is 0 Å². The summed E-state index contributed by atoms with van der Waals surface area (Å²) in [5, 5.41) is 0.903. The molecule has 2 aromatic rings. The van der Waals surface area contributed by atoms with Crippen LogP contribution in [-0.4, -0.2) is 19.2 Å². The zero-order valence-electron chi connectivity index (χ0n) is 11.6. The van der Waals surface area contributed by atoms with E-state index in [-0.39, 0.29) is 6.04 Å². The first kappa shape index (κ1) is 13.8. The van der Waals surface area contributed by atoms with Gasteiger partial charge in [-0.3, -0.25) is 0 Å². The van der Waals surface area contributed by atoms with E-state index in [1.807, 2.05) is 32.0 Å². The maximum atomic E-state index is 5.95. The Morgan fingerprint density at radius 2 is 2.00 bits per heavy atom. The van der Waals surface area contributed by atoms with Crippen LogP contribution in [0.5, 0.6) is 11.5 Å². The van der Waals surface area contributed by atoms with Gasteiger partial charge in [-0.2, -0.15) is 0 Å². The summed E-state index contributed by atoms with van der Waals surface area (Å²) in [6.45, 7) is 3.94. The van der Waals surface area contributed by atoms with Gasteiger partial charge in [0, 0.05) is 10.9 Å². The van der Waals surface area contributed by atoms with E-state index < -0.39 is 0 Å². The number of ether oxygens (including phenoxy) is 2. The lowest BCUT2D eigenvalue weighted by Crippen LogP contribution is -2.03. The summed E-state index contributed by atoms with van der Waals surface area (Å²) < 4.78 is 10.6. The van der Waals surface area contributed by atoms with Crippen LogP contribution in [0.15, 0.2) is 18.2 Å². The summed E-state index contributed by atoms with van der Waals surface area (Å²) in [6, 6.07) is 5.68. The molecule has 0 fully saturated rings. The molecular weight excluding hydrogens is 260 g/mol. The number of benzene rings is 1.